The van der Waals surface area contributed by atoms with Gasteiger partial charge in [0, 0.05) is 24.0 Å². The number of hydrogen-bond acceptors (Lipinski definition) is 3. The zero-order valence-corrected chi connectivity index (χ0v) is 11.7. The molecule has 96 valence electrons. The van der Waals surface area contributed by atoms with Crippen molar-refractivity contribution < 1.29 is 0 Å². The van der Waals surface area contributed by atoms with Crippen LogP contribution in [0, 0.1) is 0 Å². The third-order valence-corrected chi connectivity index (χ3v) is 4.75. The number of aromatic nitrogens is 2. The molecule has 2 rings (SSSR count). The Hall–Kier alpha value is -0.480. The van der Waals surface area contributed by atoms with Crippen LogP contribution in [0.25, 0.3) is 0 Å². The van der Waals surface area contributed by atoms with E-state index in [2.05, 4.69) is 34.2 Å². The topological polar surface area (TPSA) is 29.9 Å². The summed E-state index contributed by atoms with van der Waals surface area (Å²) in [5.74, 6) is 0. The molecule has 0 aromatic carbocycles. The molecule has 1 aliphatic rings. The SMILES string of the molecule is CCNCc1cn(C2CCC(SC)CC2)cn1. The van der Waals surface area contributed by atoms with Gasteiger partial charge in [0.1, 0.15) is 0 Å². The zero-order valence-electron chi connectivity index (χ0n) is 10.9. The number of hydrogen-bond donors (Lipinski definition) is 1. The van der Waals surface area contributed by atoms with Gasteiger partial charge in [-0.2, -0.15) is 11.8 Å². The predicted molar refractivity (Wildman–Crippen MR) is 74.4 cm³/mol. The zero-order chi connectivity index (χ0) is 12.1. The second kappa shape index (κ2) is 6.45. The fourth-order valence-corrected chi connectivity index (χ4v) is 3.25. The van der Waals surface area contributed by atoms with Crippen LogP contribution in [0.4, 0.5) is 0 Å². The molecule has 1 heterocycles. The Balaban J connectivity index is 1.87. The van der Waals surface area contributed by atoms with E-state index < -0.39 is 0 Å². The summed E-state index contributed by atoms with van der Waals surface area (Å²) in [4.78, 5) is 4.46. The Kier molecular flexibility index (Phi) is 4.92. The highest BCUT2D eigenvalue weighted by Crippen LogP contribution is 2.33. The fourth-order valence-electron chi connectivity index (χ4n) is 2.50. The molecule has 1 fully saturated rings. The molecule has 0 amide bonds. The van der Waals surface area contributed by atoms with Crippen molar-refractivity contribution in [1.82, 2.24) is 14.9 Å². The minimum Gasteiger partial charge on any atom is -0.334 e. The maximum Gasteiger partial charge on any atom is 0.0952 e. The highest BCUT2D eigenvalue weighted by Gasteiger charge is 2.21. The van der Waals surface area contributed by atoms with Gasteiger partial charge in [0.25, 0.3) is 0 Å². The number of thioether (sulfide) groups is 1. The fraction of sp³-hybridized carbons (Fsp3) is 0.769. The van der Waals surface area contributed by atoms with Crippen molar-refractivity contribution in [2.45, 2.75) is 50.4 Å². The van der Waals surface area contributed by atoms with Crippen LogP contribution < -0.4 is 5.32 Å². The Morgan fingerprint density at radius 3 is 2.82 bits per heavy atom. The van der Waals surface area contributed by atoms with E-state index in [4.69, 9.17) is 0 Å². The molecular formula is C13H23N3S. The molecule has 0 atom stereocenters. The van der Waals surface area contributed by atoms with Crippen LogP contribution >= 0.6 is 11.8 Å². The Labute approximate surface area is 108 Å². The molecule has 17 heavy (non-hydrogen) atoms. The standard InChI is InChI=1S/C13H23N3S/c1-3-14-8-11-9-16(10-15-11)12-4-6-13(17-2)7-5-12/h9-10,12-14H,3-8H2,1-2H3. The maximum atomic E-state index is 4.46. The van der Waals surface area contributed by atoms with Crippen LogP contribution in [0.15, 0.2) is 12.5 Å². The summed E-state index contributed by atoms with van der Waals surface area (Å²) in [5, 5.41) is 4.20. The van der Waals surface area contributed by atoms with E-state index in [1.54, 1.807) is 0 Å². The first-order chi connectivity index (χ1) is 8.33. The third-order valence-electron chi connectivity index (χ3n) is 3.61. The highest BCUT2D eigenvalue weighted by atomic mass is 32.2. The van der Waals surface area contributed by atoms with E-state index in [-0.39, 0.29) is 0 Å². The normalized spacial score (nSPS) is 25.1. The van der Waals surface area contributed by atoms with Crippen molar-refractivity contribution in [3.05, 3.63) is 18.2 Å². The van der Waals surface area contributed by atoms with Crippen molar-refractivity contribution in [1.29, 1.82) is 0 Å². The van der Waals surface area contributed by atoms with Gasteiger partial charge in [0.15, 0.2) is 0 Å². The first-order valence-electron chi connectivity index (χ1n) is 6.59. The van der Waals surface area contributed by atoms with Crippen LogP contribution in [0.1, 0.15) is 44.3 Å². The largest absolute Gasteiger partial charge is 0.334 e. The second-order valence-electron chi connectivity index (χ2n) is 4.76. The quantitative estimate of drug-likeness (QED) is 0.875. The predicted octanol–water partition coefficient (Wildman–Crippen LogP) is 2.84. The van der Waals surface area contributed by atoms with Crippen LogP contribution in [0.2, 0.25) is 0 Å². The molecule has 1 aromatic heterocycles. The van der Waals surface area contributed by atoms with Gasteiger partial charge in [0.2, 0.25) is 0 Å². The summed E-state index contributed by atoms with van der Waals surface area (Å²) in [6.07, 6.45) is 11.8. The van der Waals surface area contributed by atoms with Crippen LogP contribution in [0.3, 0.4) is 0 Å². The van der Waals surface area contributed by atoms with Crippen LogP contribution in [-0.4, -0.2) is 27.6 Å². The molecule has 0 spiro atoms. The summed E-state index contributed by atoms with van der Waals surface area (Å²) in [7, 11) is 0. The summed E-state index contributed by atoms with van der Waals surface area (Å²) < 4.78 is 2.32. The number of rotatable bonds is 5. The molecule has 0 bridgehead atoms. The van der Waals surface area contributed by atoms with Crippen molar-refractivity contribution in [3.63, 3.8) is 0 Å². The average molecular weight is 253 g/mol. The van der Waals surface area contributed by atoms with E-state index in [9.17, 15) is 0 Å². The van der Waals surface area contributed by atoms with Gasteiger partial charge < -0.3 is 9.88 Å². The Morgan fingerprint density at radius 2 is 2.18 bits per heavy atom. The summed E-state index contributed by atoms with van der Waals surface area (Å²) >= 11 is 2.02. The summed E-state index contributed by atoms with van der Waals surface area (Å²) in [6.45, 7) is 4.02. The van der Waals surface area contributed by atoms with E-state index in [1.165, 1.54) is 31.4 Å². The minimum atomic E-state index is 0.682. The molecule has 1 saturated carbocycles. The van der Waals surface area contributed by atoms with Gasteiger partial charge in [-0.05, 0) is 38.5 Å². The van der Waals surface area contributed by atoms with Crippen molar-refractivity contribution in [2.75, 3.05) is 12.8 Å². The van der Waals surface area contributed by atoms with Crippen molar-refractivity contribution in [2.24, 2.45) is 0 Å². The lowest BCUT2D eigenvalue weighted by molar-refractivity contribution is 0.359. The van der Waals surface area contributed by atoms with E-state index >= 15 is 0 Å². The Morgan fingerprint density at radius 1 is 1.41 bits per heavy atom. The molecule has 1 aromatic rings. The van der Waals surface area contributed by atoms with Gasteiger partial charge in [-0.1, -0.05) is 6.92 Å². The van der Waals surface area contributed by atoms with E-state index in [0.717, 1.165) is 18.3 Å². The maximum absolute atomic E-state index is 4.46. The summed E-state index contributed by atoms with van der Waals surface area (Å²) in [6, 6.07) is 0.682. The van der Waals surface area contributed by atoms with Crippen molar-refractivity contribution >= 4 is 11.8 Å². The Bertz CT molecular complexity index is 329. The van der Waals surface area contributed by atoms with Crippen LogP contribution in [-0.2, 0) is 6.54 Å². The minimum absolute atomic E-state index is 0.682. The third kappa shape index (κ3) is 3.49. The van der Waals surface area contributed by atoms with Gasteiger partial charge in [-0.15, -0.1) is 0 Å². The molecule has 0 aliphatic heterocycles. The lowest BCUT2D eigenvalue weighted by Crippen LogP contribution is -2.18. The monoisotopic (exact) mass is 253 g/mol. The molecular weight excluding hydrogens is 230 g/mol. The van der Waals surface area contributed by atoms with Gasteiger partial charge in [-0.25, -0.2) is 4.98 Å². The smallest absolute Gasteiger partial charge is 0.0952 e. The van der Waals surface area contributed by atoms with Gasteiger partial charge in [-0.3, -0.25) is 0 Å². The highest BCUT2D eigenvalue weighted by molar-refractivity contribution is 7.99. The van der Waals surface area contributed by atoms with E-state index in [1.807, 2.05) is 18.1 Å². The molecule has 3 nitrogen and oxygen atoms in total. The first-order valence-corrected chi connectivity index (χ1v) is 7.88. The number of nitrogens with one attached hydrogen (secondary N) is 1. The molecule has 0 unspecified atom stereocenters. The van der Waals surface area contributed by atoms with Gasteiger partial charge >= 0.3 is 0 Å². The molecule has 0 radical (unpaired) electrons. The molecule has 4 heteroatoms. The molecule has 1 N–H and O–H groups in total. The van der Waals surface area contributed by atoms with Crippen molar-refractivity contribution in [3.8, 4) is 0 Å². The average Bonchev–Trinajstić information content (AvgIpc) is 2.85. The number of nitrogens with zero attached hydrogens (tertiary/aromatic N) is 2. The van der Waals surface area contributed by atoms with E-state index in [0.29, 0.717) is 6.04 Å². The lowest BCUT2D eigenvalue weighted by atomic mass is 9.95. The first kappa shape index (κ1) is 13.0. The second-order valence-corrected chi connectivity index (χ2v) is 5.90. The van der Waals surface area contributed by atoms with Gasteiger partial charge in [0.05, 0.1) is 12.0 Å². The molecule has 1 aliphatic carbocycles. The lowest BCUT2D eigenvalue weighted by Gasteiger charge is -2.28. The molecule has 0 saturated heterocycles. The summed E-state index contributed by atoms with van der Waals surface area (Å²) in [5.41, 5.74) is 1.17. The van der Waals surface area contributed by atoms with Crippen LogP contribution in [0.5, 0.6) is 0 Å². The number of imidazole rings is 1.